The molecule has 19 heavy (non-hydrogen) atoms. The van der Waals surface area contributed by atoms with E-state index >= 15 is 0 Å². The first-order valence-electron chi connectivity index (χ1n) is 6.33. The fourth-order valence-corrected chi connectivity index (χ4v) is 2.92. The third-order valence-electron chi connectivity index (χ3n) is 3.52. The smallest absolute Gasteiger partial charge is 0.173 e. The van der Waals surface area contributed by atoms with Gasteiger partial charge in [0, 0.05) is 22.7 Å². The largest absolute Gasteiger partial charge is 0.409 e. The first-order chi connectivity index (χ1) is 9.19. The lowest BCUT2D eigenvalue weighted by Crippen LogP contribution is -2.43. The molecule has 1 saturated carbocycles. The summed E-state index contributed by atoms with van der Waals surface area (Å²) in [5.74, 6) is 0.0738. The normalized spacial score (nSPS) is 16.2. The van der Waals surface area contributed by atoms with Crippen LogP contribution in [0.15, 0.2) is 27.8 Å². The molecule has 4 N–H and O–H groups in total. The van der Waals surface area contributed by atoms with E-state index < -0.39 is 0 Å². The number of nitrogens with two attached hydrogens (primary N) is 1. The second kappa shape index (κ2) is 6.25. The summed E-state index contributed by atoms with van der Waals surface area (Å²) in [4.78, 5) is 2.14. The van der Waals surface area contributed by atoms with Crippen molar-refractivity contribution >= 4 is 27.5 Å². The molecule has 0 aromatic heterocycles. The predicted octanol–water partition coefficient (Wildman–Crippen LogP) is 1.89. The zero-order valence-electron chi connectivity index (χ0n) is 10.6. The highest BCUT2D eigenvalue weighted by Gasteiger charge is 2.27. The molecule has 1 aliphatic rings. The van der Waals surface area contributed by atoms with Crippen molar-refractivity contribution in [2.45, 2.75) is 25.3 Å². The molecule has 104 valence electrons. The van der Waals surface area contributed by atoms with E-state index in [9.17, 15) is 5.11 Å². The minimum Gasteiger partial charge on any atom is -0.409 e. The van der Waals surface area contributed by atoms with Crippen molar-refractivity contribution in [3.8, 4) is 0 Å². The van der Waals surface area contributed by atoms with Crippen LogP contribution in [-0.2, 0) is 0 Å². The topological polar surface area (TPSA) is 82.1 Å². The first-order valence-corrected chi connectivity index (χ1v) is 7.12. The fourth-order valence-electron chi connectivity index (χ4n) is 2.36. The highest BCUT2D eigenvalue weighted by atomic mass is 79.9. The molecule has 0 amide bonds. The van der Waals surface area contributed by atoms with Gasteiger partial charge in [-0.25, -0.2) is 0 Å². The van der Waals surface area contributed by atoms with E-state index in [4.69, 9.17) is 10.9 Å². The van der Waals surface area contributed by atoms with E-state index in [0.29, 0.717) is 18.2 Å². The van der Waals surface area contributed by atoms with E-state index in [2.05, 4.69) is 26.0 Å². The van der Waals surface area contributed by atoms with Gasteiger partial charge in [0.15, 0.2) is 5.84 Å². The van der Waals surface area contributed by atoms with Crippen LogP contribution in [0.5, 0.6) is 0 Å². The molecule has 0 radical (unpaired) electrons. The quantitative estimate of drug-likeness (QED) is 0.334. The third-order valence-corrected chi connectivity index (χ3v) is 4.18. The lowest BCUT2D eigenvalue weighted by molar-refractivity contribution is 0.283. The number of hydrogen-bond acceptors (Lipinski definition) is 4. The van der Waals surface area contributed by atoms with Gasteiger partial charge < -0.3 is 20.9 Å². The van der Waals surface area contributed by atoms with Gasteiger partial charge in [-0.05, 0) is 47.3 Å². The number of oxime groups is 1. The van der Waals surface area contributed by atoms with E-state index in [1.54, 1.807) is 0 Å². The lowest BCUT2D eigenvalue weighted by atomic mass is 9.90. The van der Waals surface area contributed by atoms with E-state index in [1.165, 1.54) is 6.42 Å². The second-order valence-corrected chi connectivity index (χ2v) is 5.48. The minimum atomic E-state index is 0.0738. The summed E-state index contributed by atoms with van der Waals surface area (Å²) in [7, 11) is 0. The van der Waals surface area contributed by atoms with Crippen molar-refractivity contribution in [3.63, 3.8) is 0 Å². The Balaban J connectivity index is 2.43. The zero-order valence-corrected chi connectivity index (χ0v) is 12.2. The molecule has 0 bridgehead atoms. The summed E-state index contributed by atoms with van der Waals surface area (Å²) in [6.45, 7) is 0.630. The molecule has 0 heterocycles. The standard InChI is InChI=1S/C13H18BrN3O2/c14-10-5-2-6-11(12(10)13(15)16-19)17(7-8-18)9-3-1-4-9/h2,5-6,9,18-19H,1,3-4,7-8H2,(H2,15,16). The maximum Gasteiger partial charge on any atom is 0.173 e. The van der Waals surface area contributed by atoms with Gasteiger partial charge in [0.2, 0.25) is 0 Å². The van der Waals surface area contributed by atoms with Crippen LogP contribution in [0, 0.1) is 0 Å². The molecule has 2 rings (SSSR count). The van der Waals surface area contributed by atoms with Gasteiger partial charge >= 0.3 is 0 Å². The number of halogens is 1. The minimum absolute atomic E-state index is 0.0738. The van der Waals surface area contributed by atoms with Crippen LogP contribution in [0.4, 0.5) is 5.69 Å². The van der Waals surface area contributed by atoms with Crippen molar-refractivity contribution in [3.05, 3.63) is 28.2 Å². The van der Waals surface area contributed by atoms with Gasteiger partial charge in [-0.2, -0.15) is 0 Å². The predicted molar refractivity (Wildman–Crippen MR) is 78.7 cm³/mol. The van der Waals surface area contributed by atoms with Crippen LogP contribution in [0.2, 0.25) is 0 Å². The monoisotopic (exact) mass is 327 g/mol. The molecule has 0 unspecified atom stereocenters. The van der Waals surface area contributed by atoms with Crippen molar-refractivity contribution in [2.24, 2.45) is 10.9 Å². The number of anilines is 1. The molecule has 0 spiro atoms. The molecule has 1 aromatic carbocycles. The molecule has 1 fully saturated rings. The van der Waals surface area contributed by atoms with Crippen molar-refractivity contribution < 1.29 is 10.3 Å². The van der Waals surface area contributed by atoms with Crippen LogP contribution >= 0.6 is 15.9 Å². The number of aliphatic hydroxyl groups is 1. The van der Waals surface area contributed by atoms with E-state index in [-0.39, 0.29) is 12.4 Å². The zero-order chi connectivity index (χ0) is 13.8. The molecular formula is C13H18BrN3O2. The van der Waals surface area contributed by atoms with Gasteiger partial charge in [0.05, 0.1) is 12.2 Å². The Morgan fingerprint density at radius 2 is 2.21 bits per heavy atom. The average molecular weight is 328 g/mol. The Morgan fingerprint density at radius 3 is 2.74 bits per heavy atom. The lowest BCUT2D eigenvalue weighted by Gasteiger charge is -2.40. The Morgan fingerprint density at radius 1 is 1.47 bits per heavy atom. The molecule has 1 aromatic rings. The Labute approximate surface area is 120 Å². The summed E-state index contributed by atoms with van der Waals surface area (Å²) in [6, 6.07) is 6.13. The maximum absolute atomic E-state index is 9.26. The fraction of sp³-hybridized carbons (Fsp3) is 0.462. The maximum atomic E-state index is 9.26. The Hall–Kier alpha value is -1.27. The summed E-state index contributed by atoms with van der Waals surface area (Å²) in [6.07, 6.45) is 3.43. The van der Waals surface area contributed by atoms with Crippen LogP contribution in [0.3, 0.4) is 0 Å². The van der Waals surface area contributed by atoms with Gasteiger partial charge in [0.25, 0.3) is 0 Å². The first kappa shape index (κ1) is 14.1. The van der Waals surface area contributed by atoms with Crippen molar-refractivity contribution in [1.29, 1.82) is 0 Å². The van der Waals surface area contributed by atoms with Crippen LogP contribution in [-0.4, -0.2) is 35.3 Å². The molecule has 0 saturated heterocycles. The van der Waals surface area contributed by atoms with Gasteiger partial charge in [0.1, 0.15) is 0 Å². The van der Waals surface area contributed by atoms with Crippen molar-refractivity contribution in [1.82, 2.24) is 0 Å². The summed E-state index contributed by atoms with van der Waals surface area (Å²) in [5.41, 5.74) is 7.33. The molecule has 6 heteroatoms. The summed E-state index contributed by atoms with van der Waals surface area (Å²) >= 11 is 3.44. The molecular weight excluding hydrogens is 310 g/mol. The SMILES string of the molecule is N/C(=N/O)c1c(Br)cccc1N(CCO)C1CCC1. The van der Waals surface area contributed by atoms with Gasteiger partial charge in [-0.3, -0.25) is 0 Å². The molecule has 0 aliphatic heterocycles. The summed E-state index contributed by atoms with van der Waals surface area (Å²) in [5, 5.41) is 21.3. The number of benzene rings is 1. The molecule has 0 atom stereocenters. The van der Waals surface area contributed by atoms with Crippen molar-refractivity contribution in [2.75, 3.05) is 18.1 Å². The Bertz CT molecular complexity index is 475. The van der Waals surface area contributed by atoms with Crippen LogP contribution in [0.1, 0.15) is 24.8 Å². The third kappa shape index (κ3) is 2.84. The van der Waals surface area contributed by atoms with E-state index in [0.717, 1.165) is 23.0 Å². The number of rotatable bonds is 5. The number of hydrogen-bond donors (Lipinski definition) is 3. The van der Waals surface area contributed by atoms with E-state index in [1.807, 2.05) is 18.2 Å². The average Bonchev–Trinajstić information content (AvgIpc) is 2.35. The highest BCUT2D eigenvalue weighted by Crippen LogP contribution is 2.34. The van der Waals surface area contributed by atoms with Crippen LogP contribution < -0.4 is 10.6 Å². The summed E-state index contributed by atoms with van der Waals surface area (Å²) < 4.78 is 0.780. The van der Waals surface area contributed by atoms with Gasteiger partial charge in [-0.1, -0.05) is 11.2 Å². The Kier molecular flexibility index (Phi) is 4.66. The molecule has 1 aliphatic carbocycles. The van der Waals surface area contributed by atoms with Crippen LogP contribution in [0.25, 0.3) is 0 Å². The number of amidine groups is 1. The number of nitrogens with zero attached hydrogens (tertiary/aromatic N) is 2. The number of aliphatic hydroxyl groups excluding tert-OH is 1. The van der Waals surface area contributed by atoms with Gasteiger partial charge in [-0.15, -0.1) is 0 Å². The highest BCUT2D eigenvalue weighted by molar-refractivity contribution is 9.10. The molecule has 5 nitrogen and oxygen atoms in total. The second-order valence-electron chi connectivity index (χ2n) is 4.62.